The highest BCUT2D eigenvalue weighted by Crippen LogP contribution is 1.95. The molecule has 6 nitrogen and oxygen atoms in total. The fourth-order valence-corrected chi connectivity index (χ4v) is 1.63. The smallest absolute Gasteiger partial charge is 0.333 e. The maximum atomic E-state index is 10.4. The summed E-state index contributed by atoms with van der Waals surface area (Å²) < 4.78 is 33.2. The lowest BCUT2D eigenvalue weighted by Gasteiger charge is -2.00. The van der Waals surface area contributed by atoms with Crippen molar-refractivity contribution in [3.8, 4) is 0 Å². The van der Waals surface area contributed by atoms with Gasteiger partial charge in [0.1, 0.15) is 0 Å². The predicted octanol–water partition coefficient (Wildman–Crippen LogP) is -0.381. The van der Waals surface area contributed by atoms with E-state index in [0.29, 0.717) is 0 Å². The first-order chi connectivity index (χ1) is 7.01. The monoisotopic (exact) mass is 266 g/mol. The van der Waals surface area contributed by atoms with Crippen molar-refractivity contribution in [3.63, 3.8) is 0 Å². The van der Waals surface area contributed by atoms with E-state index in [1.807, 2.05) is 21.7 Å². The van der Waals surface area contributed by atoms with Crippen LogP contribution in [0.25, 0.3) is 0 Å². The number of hydrogen-bond donors (Lipinski definition) is 3. The van der Waals surface area contributed by atoms with Crippen LogP contribution in [0.1, 0.15) is 5.56 Å². The minimum atomic E-state index is -4.11. The van der Waals surface area contributed by atoms with Gasteiger partial charge in [-0.05, 0) is 5.56 Å². The molecule has 0 spiro atoms. The van der Waals surface area contributed by atoms with Crippen LogP contribution in [0.15, 0.2) is 24.5 Å². The lowest BCUT2D eigenvalue weighted by atomic mass is 10.3. The van der Waals surface area contributed by atoms with Gasteiger partial charge in [-0.3, -0.25) is 4.55 Å². The zero-order chi connectivity index (χ0) is 11.3. The first-order valence-electron chi connectivity index (χ1n) is 4.32. The Bertz CT molecular complexity index is 405. The van der Waals surface area contributed by atoms with Crippen molar-refractivity contribution in [2.24, 2.45) is 0 Å². The third kappa shape index (κ3) is 6.03. The lowest BCUT2D eigenvalue weighted by molar-refractivity contribution is -0.692. The Morgan fingerprint density at radius 3 is 2.38 bits per heavy atom. The molecule has 1 rings (SSSR count). The number of nitrogens with zero attached hydrogens (tertiary/aromatic N) is 1. The van der Waals surface area contributed by atoms with Crippen molar-refractivity contribution < 1.29 is 23.0 Å². The minimum absolute atomic E-state index is 0. The quantitative estimate of drug-likeness (QED) is 0.384. The zero-order valence-corrected chi connectivity index (χ0v) is 10.2. The van der Waals surface area contributed by atoms with E-state index in [-0.39, 0.29) is 12.0 Å². The van der Waals surface area contributed by atoms with Crippen LogP contribution in [0, 0.1) is 0 Å². The fourth-order valence-electron chi connectivity index (χ4n) is 1.05. The predicted molar refractivity (Wildman–Crippen MR) is 60.8 cm³/mol. The van der Waals surface area contributed by atoms with Gasteiger partial charge in [0, 0.05) is 24.4 Å². The summed E-state index contributed by atoms with van der Waals surface area (Å²) in [6, 6.07) is 3.56. The van der Waals surface area contributed by atoms with Crippen molar-refractivity contribution in [2.75, 3.05) is 5.75 Å². The first kappa shape index (κ1) is 15.3. The van der Waals surface area contributed by atoms with Gasteiger partial charge in [-0.25, -0.2) is 4.57 Å². The van der Waals surface area contributed by atoms with Crippen LogP contribution in [-0.4, -0.2) is 24.2 Å². The van der Waals surface area contributed by atoms with Crippen LogP contribution < -0.4 is 9.29 Å². The molecule has 0 amide bonds. The molecule has 0 fully saturated rings. The molecule has 0 aromatic carbocycles. The molecule has 92 valence electrons. The van der Waals surface area contributed by atoms with E-state index in [4.69, 9.17) is 4.55 Å². The molecule has 1 aromatic rings. The highest BCUT2D eigenvalue weighted by atomic mass is 32.2. The number of nitrogens with one attached hydrogen (secondary N) is 1. The molecule has 0 aliphatic carbocycles. The van der Waals surface area contributed by atoms with Gasteiger partial charge in [-0.15, -0.1) is 0 Å². The molecule has 8 heteroatoms. The standard InChI is InChI=1S/C8H12N2O3S2.H2O/c11-15(12,13)9-7-8-1-3-10(4-2-8)5-6-14;/h1-4,9H,5-7H2,(H-,11,12,13,14);1H2. The van der Waals surface area contributed by atoms with Crippen molar-refractivity contribution in [1.29, 1.82) is 0 Å². The molecule has 3 N–H and O–H groups in total. The Labute approximate surface area is 99.9 Å². The lowest BCUT2D eigenvalue weighted by Crippen LogP contribution is -2.33. The number of pyridine rings is 1. The summed E-state index contributed by atoms with van der Waals surface area (Å²) in [4.78, 5) is 0. The molecule has 0 atom stereocenters. The Balaban J connectivity index is 0.00000225. The third-order valence-corrected chi connectivity index (χ3v) is 2.49. The number of rotatable bonds is 5. The first-order valence-corrected chi connectivity index (χ1v) is 6.39. The Morgan fingerprint density at radius 2 is 1.94 bits per heavy atom. The molecule has 0 aliphatic heterocycles. The molecular formula is C8H14N2O4S2. The highest BCUT2D eigenvalue weighted by molar-refractivity contribution is 7.83. The van der Waals surface area contributed by atoms with E-state index in [0.717, 1.165) is 17.9 Å². The van der Waals surface area contributed by atoms with E-state index < -0.39 is 10.3 Å². The molecule has 1 heterocycles. The molecule has 1 aromatic heterocycles. The van der Waals surface area contributed by atoms with E-state index in [1.165, 1.54) is 0 Å². The second kappa shape index (κ2) is 6.81. The molecule has 0 saturated heterocycles. The van der Waals surface area contributed by atoms with Crippen LogP contribution in [0.4, 0.5) is 0 Å². The Kier molecular flexibility index (Phi) is 6.53. The Morgan fingerprint density at radius 1 is 1.38 bits per heavy atom. The SMILES string of the molecule is O=S(=O)(O)NCc1cc[n+](CCS)cc1.[OH-]. The molecule has 16 heavy (non-hydrogen) atoms. The molecule has 0 unspecified atom stereocenters. The van der Waals surface area contributed by atoms with Gasteiger partial charge >= 0.3 is 10.3 Å². The van der Waals surface area contributed by atoms with Crippen LogP contribution in [0.2, 0.25) is 0 Å². The number of aryl methyl sites for hydroxylation is 1. The molecule has 0 aliphatic rings. The number of thiol groups is 1. The zero-order valence-electron chi connectivity index (χ0n) is 8.44. The highest BCUT2D eigenvalue weighted by Gasteiger charge is 2.04. The maximum Gasteiger partial charge on any atom is 0.333 e. The summed E-state index contributed by atoms with van der Waals surface area (Å²) in [6.07, 6.45) is 3.66. The molecular weight excluding hydrogens is 252 g/mol. The normalized spacial score (nSPS) is 10.9. The van der Waals surface area contributed by atoms with E-state index in [9.17, 15) is 8.42 Å². The second-order valence-electron chi connectivity index (χ2n) is 2.96. The minimum Gasteiger partial charge on any atom is -0.870 e. The average molecular weight is 266 g/mol. The third-order valence-electron chi connectivity index (χ3n) is 1.78. The maximum absolute atomic E-state index is 10.4. The van der Waals surface area contributed by atoms with Crippen LogP contribution >= 0.6 is 12.6 Å². The van der Waals surface area contributed by atoms with Crippen LogP contribution in [-0.2, 0) is 23.4 Å². The van der Waals surface area contributed by atoms with Gasteiger partial charge in [0.05, 0.1) is 0 Å². The van der Waals surface area contributed by atoms with Crippen LogP contribution in [0.5, 0.6) is 0 Å². The largest absolute Gasteiger partial charge is 0.870 e. The van der Waals surface area contributed by atoms with Gasteiger partial charge in [-0.1, -0.05) is 0 Å². The van der Waals surface area contributed by atoms with E-state index in [2.05, 4.69) is 12.6 Å². The van der Waals surface area contributed by atoms with Crippen molar-refractivity contribution >= 4 is 22.9 Å². The van der Waals surface area contributed by atoms with Crippen molar-refractivity contribution in [1.82, 2.24) is 4.72 Å². The topological polar surface area (TPSA) is 100 Å². The van der Waals surface area contributed by atoms with Gasteiger partial charge in [0.2, 0.25) is 0 Å². The summed E-state index contributed by atoms with van der Waals surface area (Å²) in [7, 11) is -4.11. The van der Waals surface area contributed by atoms with Crippen molar-refractivity contribution in [3.05, 3.63) is 30.1 Å². The molecule has 0 bridgehead atoms. The number of aromatic nitrogens is 1. The van der Waals surface area contributed by atoms with Gasteiger partial charge in [0.15, 0.2) is 18.9 Å². The summed E-state index contributed by atoms with van der Waals surface area (Å²) in [5.41, 5.74) is 0.781. The van der Waals surface area contributed by atoms with E-state index in [1.54, 1.807) is 12.1 Å². The van der Waals surface area contributed by atoms with Gasteiger partial charge < -0.3 is 5.48 Å². The number of hydrogen-bond acceptors (Lipinski definition) is 4. The average Bonchev–Trinajstić information content (AvgIpc) is 2.16. The van der Waals surface area contributed by atoms with E-state index >= 15 is 0 Å². The fraction of sp³-hybridized carbons (Fsp3) is 0.375. The second-order valence-corrected chi connectivity index (χ2v) is 4.65. The van der Waals surface area contributed by atoms with Gasteiger partial charge in [0.25, 0.3) is 0 Å². The Hall–Kier alpha value is -0.670. The molecule has 0 saturated carbocycles. The molecule has 0 radical (unpaired) electrons. The summed E-state index contributed by atoms with van der Waals surface area (Å²) in [5.74, 6) is 0.743. The summed E-state index contributed by atoms with van der Waals surface area (Å²) in [5, 5.41) is 0. The summed E-state index contributed by atoms with van der Waals surface area (Å²) >= 11 is 4.09. The van der Waals surface area contributed by atoms with Crippen LogP contribution in [0.3, 0.4) is 0 Å². The summed E-state index contributed by atoms with van der Waals surface area (Å²) in [6.45, 7) is 0.885. The van der Waals surface area contributed by atoms with Gasteiger partial charge in [-0.2, -0.15) is 25.8 Å². The van der Waals surface area contributed by atoms with Crippen molar-refractivity contribution in [2.45, 2.75) is 13.1 Å².